The van der Waals surface area contributed by atoms with Crippen molar-refractivity contribution >= 4 is 28.0 Å². The number of para-hydroxylation sites is 1. The van der Waals surface area contributed by atoms with Gasteiger partial charge in [0.1, 0.15) is 16.9 Å². The molecule has 0 spiro atoms. The number of nitrogens with one attached hydrogen (secondary N) is 1. The number of H-pyrrole nitrogens is 1. The summed E-state index contributed by atoms with van der Waals surface area (Å²) in [5, 5.41) is 12.5. The molecule has 0 aliphatic carbocycles. The lowest BCUT2D eigenvalue weighted by Crippen LogP contribution is -2.04. The van der Waals surface area contributed by atoms with E-state index in [1.165, 1.54) is 25.4 Å². The van der Waals surface area contributed by atoms with Gasteiger partial charge in [-0.1, -0.05) is 18.2 Å². The van der Waals surface area contributed by atoms with Crippen LogP contribution in [0.4, 0.5) is 17.1 Å². The second-order valence-electron chi connectivity index (χ2n) is 6.54. The topological polar surface area (TPSA) is 146 Å². The van der Waals surface area contributed by atoms with E-state index >= 15 is 0 Å². The minimum absolute atomic E-state index is 0.0112. The molecular formula is C20H18N6O3. The summed E-state index contributed by atoms with van der Waals surface area (Å²) in [4.78, 5) is 23.1. The van der Waals surface area contributed by atoms with Crippen molar-refractivity contribution in [2.75, 3.05) is 18.6 Å². The van der Waals surface area contributed by atoms with Gasteiger partial charge in [0, 0.05) is 28.4 Å². The third-order valence-corrected chi connectivity index (χ3v) is 4.80. The first-order chi connectivity index (χ1) is 13.9. The van der Waals surface area contributed by atoms with Gasteiger partial charge in [0.15, 0.2) is 11.6 Å². The van der Waals surface area contributed by atoms with Crippen LogP contribution in [0.5, 0.6) is 5.75 Å². The number of nitro benzene ring substituents is 1. The van der Waals surface area contributed by atoms with Gasteiger partial charge in [-0.25, -0.2) is 9.97 Å². The summed E-state index contributed by atoms with van der Waals surface area (Å²) in [5.41, 5.74) is 15.1. The summed E-state index contributed by atoms with van der Waals surface area (Å²) in [6, 6.07) is 8.81. The summed E-state index contributed by atoms with van der Waals surface area (Å²) in [6.07, 6.45) is 3.29. The fraction of sp³-hybridized carbons (Fsp3) is 0.100. The number of nitrogen functional groups attached to an aromatic ring is 2. The number of anilines is 2. The van der Waals surface area contributed by atoms with E-state index in [2.05, 4.69) is 15.0 Å². The van der Waals surface area contributed by atoms with Gasteiger partial charge in [0.05, 0.1) is 18.2 Å². The van der Waals surface area contributed by atoms with E-state index in [0.717, 1.165) is 22.0 Å². The Morgan fingerprint density at radius 2 is 1.93 bits per heavy atom. The van der Waals surface area contributed by atoms with Crippen LogP contribution in [0.15, 0.2) is 42.7 Å². The largest absolute Gasteiger partial charge is 0.493 e. The normalized spacial score (nSPS) is 11.0. The lowest BCUT2D eigenvalue weighted by atomic mass is 10.1. The minimum Gasteiger partial charge on any atom is -0.493 e. The number of fused-ring (bicyclic) bond motifs is 1. The summed E-state index contributed by atoms with van der Waals surface area (Å²) in [5.74, 6) is 0.528. The highest BCUT2D eigenvalue weighted by Gasteiger charge is 2.26. The molecule has 0 aliphatic rings. The zero-order chi connectivity index (χ0) is 20.7. The number of aromatic amines is 1. The van der Waals surface area contributed by atoms with Crippen LogP contribution in [0.25, 0.3) is 33.5 Å². The van der Waals surface area contributed by atoms with Crippen molar-refractivity contribution in [3.05, 3.63) is 58.4 Å². The van der Waals surface area contributed by atoms with Crippen LogP contribution in [-0.2, 0) is 0 Å². The summed E-state index contributed by atoms with van der Waals surface area (Å²) in [7, 11) is 1.51. The molecule has 0 aliphatic heterocycles. The summed E-state index contributed by atoms with van der Waals surface area (Å²) >= 11 is 0. The van der Waals surface area contributed by atoms with Crippen LogP contribution >= 0.6 is 0 Å². The molecule has 9 heteroatoms. The first-order valence-corrected chi connectivity index (χ1v) is 8.73. The number of nitrogens with zero attached hydrogens (tertiary/aromatic N) is 3. The van der Waals surface area contributed by atoms with Crippen molar-refractivity contribution in [1.29, 1.82) is 0 Å². The molecule has 0 unspecified atom stereocenters. The van der Waals surface area contributed by atoms with Gasteiger partial charge < -0.3 is 21.2 Å². The van der Waals surface area contributed by atoms with Gasteiger partial charge >= 0.3 is 5.69 Å². The molecule has 146 valence electrons. The number of hydrogen-bond donors (Lipinski definition) is 3. The molecular weight excluding hydrogens is 372 g/mol. The number of aryl methyl sites for hydroxylation is 1. The molecule has 2 aromatic carbocycles. The van der Waals surface area contributed by atoms with Gasteiger partial charge in [-0.2, -0.15) is 0 Å². The Balaban J connectivity index is 2.00. The number of methoxy groups -OCH3 is 1. The standard InChI is InChI=1S/C20H18N6O3/c1-10-4-3-5-11-12(8-23-17(10)11)18-15(29-2)9-24-20(25-18)16-13(21)6-7-14(22)19(16)26(27)28/h3-9,23H,21-22H2,1-2H3. The predicted octanol–water partition coefficient (Wildman–Crippen LogP) is 3.68. The van der Waals surface area contributed by atoms with E-state index in [1.807, 2.05) is 31.3 Å². The molecule has 29 heavy (non-hydrogen) atoms. The average molecular weight is 390 g/mol. The van der Waals surface area contributed by atoms with E-state index in [-0.39, 0.29) is 28.5 Å². The SMILES string of the molecule is COc1cnc(-c2c(N)ccc(N)c2[N+](=O)[O-])nc1-c1c[nH]c2c(C)cccc12. The monoisotopic (exact) mass is 390 g/mol. The van der Waals surface area contributed by atoms with Crippen LogP contribution in [0, 0.1) is 17.0 Å². The van der Waals surface area contributed by atoms with Crippen LogP contribution in [0.2, 0.25) is 0 Å². The minimum atomic E-state index is -0.580. The van der Waals surface area contributed by atoms with Crippen LogP contribution in [0.1, 0.15) is 5.56 Å². The number of ether oxygens (including phenoxy) is 1. The average Bonchev–Trinajstić information content (AvgIpc) is 3.14. The van der Waals surface area contributed by atoms with Crippen LogP contribution < -0.4 is 16.2 Å². The Hall–Kier alpha value is -4.14. The third kappa shape index (κ3) is 2.89. The number of benzene rings is 2. The van der Waals surface area contributed by atoms with E-state index in [4.69, 9.17) is 16.2 Å². The van der Waals surface area contributed by atoms with Crippen molar-refractivity contribution in [1.82, 2.24) is 15.0 Å². The molecule has 9 nitrogen and oxygen atoms in total. The van der Waals surface area contributed by atoms with Crippen molar-refractivity contribution in [2.45, 2.75) is 6.92 Å². The Morgan fingerprint density at radius 3 is 2.66 bits per heavy atom. The zero-order valence-corrected chi connectivity index (χ0v) is 15.8. The van der Waals surface area contributed by atoms with Crippen molar-refractivity contribution < 1.29 is 9.66 Å². The predicted molar refractivity (Wildman–Crippen MR) is 112 cm³/mol. The van der Waals surface area contributed by atoms with Gasteiger partial charge in [0.25, 0.3) is 0 Å². The van der Waals surface area contributed by atoms with Crippen LogP contribution in [0.3, 0.4) is 0 Å². The fourth-order valence-corrected chi connectivity index (χ4v) is 3.39. The number of nitro groups is 1. The molecule has 0 atom stereocenters. The van der Waals surface area contributed by atoms with Crippen molar-refractivity contribution in [3.63, 3.8) is 0 Å². The summed E-state index contributed by atoms with van der Waals surface area (Å²) < 4.78 is 5.44. The zero-order valence-electron chi connectivity index (χ0n) is 15.8. The van der Waals surface area contributed by atoms with Crippen LogP contribution in [-0.4, -0.2) is 27.0 Å². The van der Waals surface area contributed by atoms with Gasteiger partial charge in [-0.3, -0.25) is 10.1 Å². The molecule has 0 radical (unpaired) electrons. The molecule has 4 rings (SSSR count). The molecule has 2 aromatic heterocycles. The van der Waals surface area contributed by atoms with E-state index in [1.54, 1.807) is 0 Å². The fourth-order valence-electron chi connectivity index (χ4n) is 3.39. The molecule has 0 saturated carbocycles. The molecule has 5 N–H and O–H groups in total. The highest BCUT2D eigenvalue weighted by Crippen LogP contribution is 2.40. The first-order valence-electron chi connectivity index (χ1n) is 8.73. The molecule has 0 bridgehead atoms. The van der Waals surface area contributed by atoms with E-state index < -0.39 is 4.92 Å². The second kappa shape index (κ2) is 6.79. The first kappa shape index (κ1) is 18.2. The van der Waals surface area contributed by atoms with Gasteiger partial charge in [0.2, 0.25) is 0 Å². The maximum atomic E-state index is 11.6. The van der Waals surface area contributed by atoms with Gasteiger partial charge in [-0.15, -0.1) is 0 Å². The molecule has 0 fully saturated rings. The van der Waals surface area contributed by atoms with Crippen molar-refractivity contribution in [2.24, 2.45) is 0 Å². The lowest BCUT2D eigenvalue weighted by Gasteiger charge is -2.11. The summed E-state index contributed by atoms with van der Waals surface area (Å²) in [6.45, 7) is 2.00. The third-order valence-electron chi connectivity index (χ3n) is 4.80. The van der Waals surface area contributed by atoms with E-state index in [0.29, 0.717) is 11.4 Å². The number of aromatic nitrogens is 3. The lowest BCUT2D eigenvalue weighted by molar-refractivity contribution is -0.383. The number of nitrogens with two attached hydrogens (primary N) is 2. The van der Waals surface area contributed by atoms with E-state index in [9.17, 15) is 10.1 Å². The maximum Gasteiger partial charge on any atom is 0.305 e. The molecule has 4 aromatic rings. The Bertz CT molecular complexity index is 1260. The smallest absolute Gasteiger partial charge is 0.305 e. The molecule has 0 amide bonds. The molecule has 0 saturated heterocycles. The number of hydrogen-bond acceptors (Lipinski definition) is 7. The highest BCUT2D eigenvalue weighted by molar-refractivity contribution is 5.98. The second-order valence-corrected chi connectivity index (χ2v) is 6.54. The number of rotatable bonds is 4. The quantitative estimate of drug-likeness (QED) is 0.274. The maximum absolute atomic E-state index is 11.6. The van der Waals surface area contributed by atoms with Crippen molar-refractivity contribution in [3.8, 4) is 28.4 Å². The Kier molecular flexibility index (Phi) is 4.27. The highest BCUT2D eigenvalue weighted by atomic mass is 16.6. The van der Waals surface area contributed by atoms with Gasteiger partial charge in [-0.05, 0) is 24.6 Å². The Morgan fingerprint density at radius 1 is 1.17 bits per heavy atom. The molecule has 2 heterocycles. The Labute approximate surface area is 165 Å².